The van der Waals surface area contributed by atoms with Crippen LogP contribution in [0.1, 0.15) is 116 Å². The first-order valence-corrected chi connectivity index (χ1v) is 13.9. The van der Waals surface area contributed by atoms with Crippen LogP contribution >= 0.6 is 18.2 Å². The fourth-order valence-electron chi connectivity index (χ4n) is 3.22. The second-order valence-electron chi connectivity index (χ2n) is 7.69. The fourth-order valence-corrected chi connectivity index (χ4v) is 3.78. The smallest absolute Gasteiger partial charge is 0.356 e. The topological polar surface area (TPSA) is 75.6 Å². The largest absolute Gasteiger partial charge is 0.421 e. The first-order chi connectivity index (χ1) is 13.5. The summed E-state index contributed by atoms with van der Waals surface area (Å²) < 4.78 is 15.2. The molecular weight excluding hydrogens is 397 g/mol. The van der Waals surface area contributed by atoms with E-state index in [1.807, 2.05) is 0 Å². The number of carbonyl (C=O) groups excluding carboxylic acids is 1. The third-order valence-corrected chi connectivity index (χ3v) is 5.70. The summed E-state index contributed by atoms with van der Waals surface area (Å²) in [7, 11) is 0. The molecule has 0 spiro atoms. The number of nitrogens with one attached hydrogen (secondary N) is 1. The SMILES string of the molecule is CCCCCCCCCCCCCCCCCC(=O)NCCCOP(=O)(O)Cl. The Balaban J connectivity index is 3.18. The lowest BCUT2D eigenvalue weighted by atomic mass is 10.0. The molecule has 0 saturated carbocycles. The van der Waals surface area contributed by atoms with E-state index in [9.17, 15) is 9.36 Å². The second kappa shape index (κ2) is 20.2. The van der Waals surface area contributed by atoms with Gasteiger partial charge in [-0.3, -0.25) is 9.32 Å². The quantitative estimate of drug-likeness (QED) is 0.147. The van der Waals surface area contributed by atoms with Crippen molar-refractivity contribution in [3.8, 4) is 0 Å². The van der Waals surface area contributed by atoms with Crippen LogP contribution in [0.2, 0.25) is 0 Å². The molecule has 7 heteroatoms. The van der Waals surface area contributed by atoms with Gasteiger partial charge in [-0.1, -0.05) is 96.8 Å². The van der Waals surface area contributed by atoms with Crippen LogP contribution in [0, 0.1) is 0 Å². The van der Waals surface area contributed by atoms with Crippen LogP contribution in [0.25, 0.3) is 0 Å². The highest BCUT2D eigenvalue weighted by Crippen LogP contribution is 2.47. The van der Waals surface area contributed by atoms with Crippen LogP contribution in [0.5, 0.6) is 0 Å². The second-order valence-corrected chi connectivity index (χ2v) is 10.1. The van der Waals surface area contributed by atoms with Crippen LogP contribution < -0.4 is 5.32 Å². The van der Waals surface area contributed by atoms with Gasteiger partial charge in [0, 0.05) is 24.2 Å². The molecule has 28 heavy (non-hydrogen) atoms. The molecule has 1 amide bonds. The summed E-state index contributed by atoms with van der Waals surface area (Å²) in [5.41, 5.74) is 0. The van der Waals surface area contributed by atoms with Crippen molar-refractivity contribution in [3.05, 3.63) is 0 Å². The van der Waals surface area contributed by atoms with Crippen LogP contribution in [-0.2, 0) is 13.9 Å². The third-order valence-electron chi connectivity index (χ3n) is 4.90. The van der Waals surface area contributed by atoms with Gasteiger partial charge in [-0.25, -0.2) is 4.57 Å². The normalized spacial score (nSPS) is 13.4. The van der Waals surface area contributed by atoms with Crippen molar-refractivity contribution < 1.29 is 18.8 Å². The highest BCUT2D eigenvalue weighted by Gasteiger charge is 2.12. The zero-order chi connectivity index (χ0) is 20.9. The van der Waals surface area contributed by atoms with E-state index >= 15 is 0 Å². The monoisotopic (exact) mass is 439 g/mol. The maximum absolute atomic E-state index is 11.7. The van der Waals surface area contributed by atoms with Gasteiger partial charge in [0.05, 0.1) is 6.61 Å². The number of hydrogen-bond donors (Lipinski definition) is 2. The average molecular weight is 440 g/mol. The molecule has 0 aromatic heterocycles. The number of hydrogen-bond acceptors (Lipinski definition) is 3. The lowest BCUT2D eigenvalue weighted by molar-refractivity contribution is -0.121. The van der Waals surface area contributed by atoms with Crippen molar-refractivity contribution in [2.75, 3.05) is 13.2 Å². The van der Waals surface area contributed by atoms with Crippen molar-refractivity contribution in [3.63, 3.8) is 0 Å². The van der Waals surface area contributed by atoms with Crippen molar-refractivity contribution in [1.82, 2.24) is 5.32 Å². The van der Waals surface area contributed by atoms with Gasteiger partial charge >= 0.3 is 6.95 Å². The summed E-state index contributed by atoms with van der Waals surface area (Å²) in [4.78, 5) is 20.4. The Hall–Kier alpha value is -0.0900. The van der Waals surface area contributed by atoms with Crippen molar-refractivity contribution in [2.45, 2.75) is 116 Å². The molecule has 0 rings (SSSR count). The van der Waals surface area contributed by atoms with Crippen LogP contribution in [0.15, 0.2) is 0 Å². The van der Waals surface area contributed by atoms with E-state index in [0.717, 1.165) is 12.8 Å². The molecule has 0 aromatic rings. The molecule has 0 aliphatic carbocycles. The summed E-state index contributed by atoms with van der Waals surface area (Å²) in [6.07, 6.45) is 20.7. The molecule has 1 unspecified atom stereocenters. The van der Waals surface area contributed by atoms with Gasteiger partial charge in [-0.2, -0.15) is 0 Å². The Morgan fingerprint density at radius 1 is 0.821 bits per heavy atom. The molecule has 0 fully saturated rings. The Labute approximate surface area is 177 Å². The first kappa shape index (κ1) is 27.9. The van der Waals surface area contributed by atoms with E-state index in [1.165, 1.54) is 83.5 Å². The molecule has 0 saturated heterocycles. The van der Waals surface area contributed by atoms with Gasteiger partial charge in [-0.05, 0) is 12.8 Å². The zero-order valence-corrected chi connectivity index (χ0v) is 19.6. The minimum absolute atomic E-state index is 0.0350. The Morgan fingerprint density at radius 3 is 1.68 bits per heavy atom. The summed E-state index contributed by atoms with van der Waals surface area (Å²) in [6.45, 7) is -1.15. The summed E-state index contributed by atoms with van der Waals surface area (Å²) in [6, 6.07) is 0. The molecule has 0 radical (unpaired) electrons. The highest BCUT2D eigenvalue weighted by molar-refractivity contribution is 7.80. The Morgan fingerprint density at radius 2 is 1.25 bits per heavy atom. The van der Waals surface area contributed by atoms with Crippen molar-refractivity contribution in [2.24, 2.45) is 0 Å². The minimum atomic E-state index is -3.92. The molecular formula is C21H43ClNO4P. The summed E-state index contributed by atoms with van der Waals surface area (Å²) >= 11 is 5.05. The van der Waals surface area contributed by atoms with Crippen LogP contribution in [0.3, 0.4) is 0 Å². The Bertz CT molecular complexity index is 404. The highest BCUT2D eigenvalue weighted by atomic mass is 35.7. The molecule has 168 valence electrons. The van der Waals surface area contributed by atoms with Gasteiger partial charge in [0.1, 0.15) is 0 Å². The third kappa shape index (κ3) is 23.9. The van der Waals surface area contributed by atoms with Gasteiger partial charge in [0.2, 0.25) is 5.91 Å². The number of amides is 1. The lowest BCUT2D eigenvalue weighted by Gasteiger charge is -2.06. The molecule has 5 nitrogen and oxygen atoms in total. The minimum Gasteiger partial charge on any atom is -0.356 e. The first-order valence-electron chi connectivity index (χ1n) is 11.4. The van der Waals surface area contributed by atoms with Crippen LogP contribution in [-0.4, -0.2) is 24.0 Å². The lowest BCUT2D eigenvalue weighted by Crippen LogP contribution is -2.24. The molecule has 0 heterocycles. The molecule has 0 bridgehead atoms. The van der Waals surface area contributed by atoms with Gasteiger partial charge in [-0.15, -0.1) is 0 Å². The van der Waals surface area contributed by atoms with E-state index < -0.39 is 6.95 Å². The van der Waals surface area contributed by atoms with E-state index in [-0.39, 0.29) is 12.5 Å². The molecule has 2 N–H and O–H groups in total. The Kier molecular flexibility index (Phi) is 20.1. The van der Waals surface area contributed by atoms with Crippen LogP contribution in [0.4, 0.5) is 0 Å². The standard InChI is InChI=1S/C21H43ClNO4P/c1-2-3-4-5-6-7-8-9-10-11-12-13-14-15-16-18-21(24)23-19-17-20-27-28(22,25)26/h2-20H2,1H3,(H,23,24)(H,25,26). The number of rotatable bonds is 21. The summed E-state index contributed by atoms with van der Waals surface area (Å²) in [5, 5.41) is 2.79. The number of halogens is 1. The zero-order valence-electron chi connectivity index (χ0n) is 17.9. The van der Waals surface area contributed by atoms with E-state index in [1.54, 1.807) is 0 Å². The van der Waals surface area contributed by atoms with Gasteiger partial charge < -0.3 is 10.2 Å². The maximum Gasteiger partial charge on any atom is 0.421 e. The van der Waals surface area contributed by atoms with Gasteiger partial charge in [0.15, 0.2) is 0 Å². The molecule has 0 aromatic carbocycles. The van der Waals surface area contributed by atoms with E-state index in [0.29, 0.717) is 19.4 Å². The maximum atomic E-state index is 11.7. The average Bonchev–Trinajstić information content (AvgIpc) is 2.63. The molecule has 0 aliphatic rings. The number of unbranched alkanes of at least 4 members (excludes halogenated alkanes) is 14. The predicted molar refractivity (Wildman–Crippen MR) is 119 cm³/mol. The predicted octanol–water partition coefficient (Wildman–Crippen LogP) is 7.11. The molecule has 0 aliphatic heterocycles. The molecule has 1 atom stereocenters. The van der Waals surface area contributed by atoms with Crippen molar-refractivity contribution in [1.29, 1.82) is 0 Å². The summed E-state index contributed by atoms with van der Waals surface area (Å²) in [5.74, 6) is 0.0350. The van der Waals surface area contributed by atoms with Crippen molar-refractivity contribution >= 4 is 24.1 Å². The van der Waals surface area contributed by atoms with E-state index in [2.05, 4.69) is 16.8 Å². The number of carbonyl (C=O) groups is 1. The van der Waals surface area contributed by atoms with E-state index in [4.69, 9.17) is 16.1 Å². The van der Waals surface area contributed by atoms with Gasteiger partial charge in [0.25, 0.3) is 0 Å². The fraction of sp³-hybridized carbons (Fsp3) is 0.952.